The number of hydrogen-bond donors (Lipinski definition) is 0. The van der Waals surface area contributed by atoms with E-state index in [-0.39, 0.29) is 11.4 Å². The van der Waals surface area contributed by atoms with E-state index in [1.54, 1.807) is 35.6 Å². The molecule has 3 rings (SSSR count). The average molecular weight is 378 g/mol. The fourth-order valence-corrected chi connectivity index (χ4v) is 4.40. The Kier molecular flexibility index (Phi) is 5.88. The molecule has 0 saturated carbocycles. The number of nitrogens with zero attached hydrogens (tertiary/aromatic N) is 2. The fraction of sp³-hybridized carbons (Fsp3) is 0.333. The number of thiophene rings is 1. The van der Waals surface area contributed by atoms with Crippen molar-refractivity contribution in [1.82, 2.24) is 9.55 Å². The summed E-state index contributed by atoms with van der Waals surface area (Å²) in [5.74, 6) is 0.610. The lowest BCUT2D eigenvalue weighted by molar-refractivity contribution is 0.183. The largest absolute Gasteiger partial charge is 0.383 e. The first-order chi connectivity index (χ1) is 12.2. The Hall–Kier alpha value is -1.70. The number of rotatable bonds is 7. The Balaban J connectivity index is 2.16. The smallest absolute Gasteiger partial charge is 0.263 e. The van der Waals surface area contributed by atoms with Crippen molar-refractivity contribution in [3.05, 3.63) is 45.8 Å². The van der Waals surface area contributed by atoms with Crippen molar-refractivity contribution in [2.75, 3.05) is 19.5 Å². The molecule has 0 aliphatic rings. The highest BCUT2D eigenvalue weighted by Crippen LogP contribution is 2.32. The third kappa shape index (κ3) is 3.78. The lowest BCUT2D eigenvalue weighted by Gasteiger charge is -2.11. The van der Waals surface area contributed by atoms with Crippen LogP contribution in [0.25, 0.3) is 21.3 Å². The van der Waals surface area contributed by atoms with Gasteiger partial charge in [-0.3, -0.25) is 9.36 Å². The summed E-state index contributed by atoms with van der Waals surface area (Å²) in [5, 5.41) is 3.23. The Bertz CT molecular complexity index is 919. The van der Waals surface area contributed by atoms with Crippen molar-refractivity contribution in [3.63, 3.8) is 0 Å². The van der Waals surface area contributed by atoms with Gasteiger partial charge < -0.3 is 4.74 Å². The maximum atomic E-state index is 13.2. The minimum absolute atomic E-state index is 0.0683. The van der Waals surface area contributed by atoms with Crippen molar-refractivity contribution in [2.45, 2.75) is 25.0 Å². The Morgan fingerprint density at radius 2 is 2.08 bits per heavy atom. The number of hydrogen-bond acceptors (Lipinski definition) is 5. The van der Waals surface area contributed by atoms with E-state index < -0.39 is 0 Å². The molecule has 0 bridgehead atoms. The van der Waals surface area contributed by atoms with E-state index in [0.717, 1.165) is 33.3 Å². The quantitative estimate of drug-likeness (QED) is 0.451. The predicted octanol–water partition coefficient (Wildman–Crippen LogP) is 4.41. The molecule has 2 aromatic heterocycles. The Labute approximate surface area is 153 Å². The molecule has 0 saturated heterocycles. The second kappa shape index (κ2) is 8.12. The summed E-state index contributed by atoms with van der Waals surface area (Å²) < 4.78 is 20.0. The lowest BCUT2D eigenvalue weighted by Crippen LogP contribution is -2.25. The van der Waals surface area contributed by atoms with Gasteiger partial charge in [0.15, 0.2) is 5.16 Å². The molecule has 3 aromatic rings. The van der Waals surface area contributed by atoms with Crippen LogP contribution in [0.4, 0.5) is 4.39 Å². The van der Waals surface area contributed by atoms with Gasteiger partial charge in [-0.1, -0.05) is 30.8 Å². The van der Waals surface area contributed by atoms with Gasteiger partial charge in [0.25, 0.3) is 5.56 Å². The van der Waals surface area contributed by atoms with E-state index in [1.165, 1.54) is 23.5 Å². The molecule has 0 unspecified atom stereocenters. The van der Waals surface area contributed by atoms with Gasteiger partial charge in [0.05, 0.1) is 18.5 Å². The zero-order chi connectivity index (χ0) is 17.8. The minimum atomic E-state index is -0.294. The molecule has 0 aliphatic heterocycles. The molecule has 0 radical (unpaired) electrons. The molecule has 0 aliphatic carbocycles. The second-order valence-electron chi connectivity index (χ2n) is 5.53. The zero-order valence-corrected chi connectivity index (χ0v) is 15.8. The predicted molar refractivity (Wildman–Crippen MR) is 102 cm³/mol. The zero-order valence-electron chi connectivity index (χ0n) is 14.1. The standard InChI is InChI=1S/C18H19FN2O2S2/c1-3-10-24-18-20-16-15(17(22)21(18)8-9-23-2)14(11-25-16)12-4-6-13(19)7-5-12/h4-7,11H,3,8-10H2,1-2H3. The van der Waals surface area contributed by atoms with Crippen molar-refractivity contribution in [3.8, 4) is 11.1 Å². The fourth-order valence-electron chi connectivity index (χ4n) is 2.53. The van der Waals surface area contributed by atoms with Crippen LogP contribution in [0.5, 0.6) is 0 Å². The molecule has 4 nitrogen and oxygen atoms in total. The third-order valence-corrected chi connectivity index (χ3v) is 5.82. The molecule has 0 fully saturated rings. The van der Waals surface area contributed by atoms with E-state index in [1.807, 2.05) is 5.38 Å². The van der Waals surface area contributed by atoms with Gasteiger partial charge in [0.1, 0.15) is 10.6 Å². The highest BCUT2D eigenvalue weighted by atomic mass is 32.2. The molecule has 7 heteroatoms. The maximum Gasteiger partial charge on any atom is 0.263 e. The molecule has 1 aromatic carbocycles. The van der Waals surface area contributed by atoms with Crippen LogP contribution in [0.15, 0.2) is 39.6 Å². The van der Waals surface area contributed by atoms with E-state index in [9.17, 15) is 9.18 Å². The summed E-state index contributed by atoms with van der Waals surface area (Å²) in [5.41, 5.74) is 1.55. The van der Waals surface area contributed by atoms with Crippen molar-refractivity contribution < 1.29 is 9.13 Å². The van der Waals surface area contributed by atoms with E-state index >= 15 is 0 Å². The van der Waals surface area contributed by atoms with E-state index in [4.69, 9.17) is 9.72 Å². The van der Waals surface area contributed by atoms with Crippen molar-refractivity contribution >= 4 is 33.3 Å². The number of aromatic nitrogens is 2. The van der Waals surface area contributed by atoms with Crippen LogP contribution in [-0.2, 0) is 11.3 Å². The normalized spacial score (nSPS) is 11.3. The monoisotopic (exact) mass is 378 g/mol. The third-order valence-electron chi connectivity index (χ3n) is 3.77. The summed E-state index contributed by atoms with van der Waals surface area (Å²) >= 11 is 3.03. The van der Waals surface area contributed by atoms with Gasteiger partial charge in [-0.05, 0) is 24.1 Å². The Morgan fingerprint density at radius 1 is 1.32 bits per heavy atom. The molecular weight excluding hydrogens is 359 g/mol. The van der Waals surface area contributed by atoms with E-state index in [0.29, 0.717) is 18.5 Å². The molecule has 0 spiro atoms. The number of benzene rings is 1. The molecule has 0 N–H and O–H groups in total. The molecule has 25 heavy (non-hydrogen) atoms. The van der Waals surface area contributed by atoms with Crippen LogP contribution in [0, 0.1) is 5.82 Å². The van der Waals surface area contributed by atoms with Crippen LogP contribution in [0.1, 0.15) is 13.3 Å². The summed E-state index contributed by atoms with van der Waals surface area (Å²) in [7, 11) is 1.62. The number of methoxy groups -OCH3 is 1. The summed E-state index contributed by atoms with van der Waals surface area (Å²) in [4.78, 5) is 18.6. The summed E-state index contributed by atoms with van der Waals surface area (Å²) in [6.45, 7) is 3.01. The lowest BCUT2D eigenvalue weighted by atomic mass is 10.1. The first-order valence-corrected chi connectivity index (χ1v) is 9.92. The van der Waals surface area contributed by atoms with Gasteiger partial charge in [0, 0.05) is 23.8 Å². The average Bonchev–Trinajstić information content (AvgIpc) is 3.04. The summed E-state index contributed by atoms with van der Waals surface area (Å²) in [6, 6.07) is 6.19. The van der Waals surface area contributed by atoms with Crippen LogP contribution in [-0.4, -0.2) is 29.0 Å². The molecular formula is C18H19FN2O2S2. The number of ether oxygens (including phenoxy) is 1. The molecule has 2 heterocycles. The number of halogens is 1. The van der Waals surface area contributed by atoms with E-state index in [2.05, 4.69) is 6.92 Å². The van der Waals surface area contributed by atoms with Crippen molar-refractivity contribution in [1.29, 1.82) is 0 Å². The number of thioether (sulfide) groups is 1. The maximum absolute atomic E-state index is 13.2. The van der Waals surface area contributed by atoms with Crippen molar-refractivity contribution in [2.24, 2.45) is 0 Å². The minimum Gasteiger partial charge on any atom is -0.383 e. The summed E-state index contributed by atoms with van der Waals surface area (Å²) in [6.07, 6.45) is 1.01. The van der Waals surface area contributed by atoms with Gasteiger partial charge in [-0.2, -0.15) is 0 Å². The highest BCUT2D eigenvalue weighted by molar-refractivity contribution is 7.99. The van der Waals surface area contributed by atoms with Crippen LogP contribution in [0.2, 0.25) is 0 Å². The molecule has 0 atom stereocenters. The highest BCUT2D eigenvalue weighted by Gasteiger charge is 2.17. The van der Waals surface area contributed by atoms with Crippen LogP contribution in [0.3, 0.4) is 0 Å². The Morgan fingerprint density at radius 3 is 2.76 bits per heavy atom. The number of fused-ring (bicyclic) bond motifs is 1. The van der Waals surface area contributed by atoms with Gasteiger partial charge >= 0.3 is 0 Å². The topological polar surface area (TPSA) is 44.1 Å². The van der Waals surface area contributed by atoms with Crippen LogP contribution >= 0.6 is 23.1 Å². The van der Waals surface area contributed by atoms with Gasteiger partial charge in [-0.15, -0.1) is 11.3 Å². The van der Waals surface area contributed by atoms with Gasteiger partial charge in [-0.25, -0.2) is 9.37 Å². The van der Waals surface area contributed by atoms with Gasteiger partial charge in [0.2, 0.25) is 0 Å². The van der Waals surface area contributed by atoms with Crippen LogP contribution < -0.4 is 5.56 Å². The first-order valence-electron chi connectivity index (χ1n) is 8.05. The molecule has 132 valence electrons. The first kappa shape index (κ1) is 18.1. The molecule has 0 amide bonds. The second-order valence-corrected chi connectivity index (χ2v) is 7.45. The SMILES string of the molecule is CCCSc1nc2scc(-c3ccc(F)cc3)c2c(=O)n1CCOC.